The average molecular weight is 417 g/mol. The number of rotatable bonds is 4. The predicted octanol–water partition coefficient (Wildman–Crippen LogP) is 4.88. The fourth-order valence-corrected chi connectivity index (χ4v) is 4.27. The molecule has 2 aromatic carbocycles. The van der Waals surface area contributed by atoms with Crippen LogP contribution < -0.4 is 5.32 Å². The van der Waals surface area contributed by atoms with Gasteiger partial charge in [-0.25, -0.2) is 14.4 Å². The first-order valence-corrected chi connectivity index (χ1v) is 10.0. The number of aromatic nitrogens is 4. The van der Waals surface area contributed by atoms with Crippen LogP contribution in [0.15, 0.2) is 73.3 Å². The quantitative estimate of drug-likeness (QED) is 0.453. The van der Waals surface area contributed by atoms with Crippen LogP contribution in [0.25, 0.3) is 26.6 Å². The van der Waals surface area contributed by atoms with Crippen LogP contribution in [0.4, 0.5) is 10.1 Å². The summed E-state index contributed by atoms with van der Waals surface area (Å²) in [6.07, 6.45) is 5.46. The Labute approximate surface area is 175 Å². The third kappa shape index (κ3) is 3.27. The normalized spacial score (nSPS) is 11.1. The molecule has 0 spiro atoms. The molecule has 5 aromatic rings. The number of anilines is 1. The van der Waals surface area contributed by atoms with Crippen LogP contribution in [0.3, 0.4) is 0 Å². The first-order chi connectivity index (χ1) is 14.6. The van der Waals surface area contributed by atoms with Crippen molar-refractivity contribution in [3.05, 3.63) is 84.8 Å². The van der Waals surface area contributed by atoms with E-state index < -0.39 is 0 Å². The smallest absolute Gasteiger partial charge is 0.275 e. The Morgan fingerprint density at radius 2 is 1.87 bits per heavy atom. The summed E-state index contributed by atoms with van der Waals surface area (Å²) in [5.41, 5.74) is 3.42. The minimum Gasteiger partial charge on any atom is -0.334 e. The van der Waals surface area contributed by atoms with Gasteiger partial charge in [0.25, 0.3) is 5.91 Å². The predicted molar refractivity (Wildman–Crippen MR) is 116 cm³/mol. The molecule has 1 N–H and O–H groups in total. The molecule has 0 aliphatic heterocycles. The molecule has 3 heterocycles. The molecule has 0 bridgehead atoms. The van der Waals surface area contributed by atoms with Crippen molar-refractivity contribution in [3.8, 4) is 15.6 Å². The molecule has 3 aromatic heterocycles. The second-order valence-corrected chi connectivity index (χ2v) is 7.76. The van der Waals surface area contributed by atoms with Crippen LogP contribution in [0.5, 0.6) is 0 Å². The van der Waals surface area contributed by atoms with E-state index in [2.05, 4.69) is 15.3 Å². The average Bonchev–Trinajstić information content (AvgIpc) is 3.48. The van der Waals surface area contributed by atoms with Crippen molar-refractivity contribution in [2.24, 2.45) is 7.05 Å². The molecular weight excluding hydrogens is 401 g/mol. The van der Waals surface area contributed by atoms with Gasteiger partial charge < -0.3 is 14.5 Å². The lowest BCUT2D eigenvalue weighted by atomic mass is 10.1. The van der Waals surface area contributed by atoms with Crippen molar-refractivity contribution in [3.63, 3.8) is 0 Å². The van der Waals surface area contributed by atoms with E-state index in [9.17, 15) is 9.18 Å². The molecule has 148 valence electrons. The highest BCUT2D eigenvalue weighted by Gasteiger charge is 2.21. The van der Waals surface area contributed by atoms with E-state index in [0.29, 0.717) is 15.7 Å². The van der Waals surface area contributed by atoms with Crippen molar-refractivity contribution in [2.75, 3.05) is 5.32 Å². The van der Waals surface area contributed by atoms with E-state index in [1.807, 2.05) is 58.9 Å². The van der Waals surface area contributed by atoms with Crippen LogP contribution in [0, 0.1) is 5.82 Å². The molecular formula is C22H16FN5OS. The van der Waals surface area contributed by atoms with Gasteiger partial charge >= 0.3 is 0 Å². The molecule has 0 fully saturated rings. The third-order valence-corrected chi connectivity index (χ3v) is 5.86. The number of nitrogens with zero attached hydrogens (tertiary/aromatic N) is 4. The summed E-state index contributed by atoms with van der Waals surface area (Å²) in [5, 5.41) is 3.57. The van der Waals surface area contributed by atoms with Crippen molar-refractivity contribution in [2.45, 2.75) is 0 Å². The Kier molecular flexibility index (Phi) is 4.40. The fraction of sp³-hybridized carbons (Fsp3) is 0.0455. The van der Waals surface area contributed by atoms with Crippen LogP contribution in [-0.2, 0) is 7.05 Å². The second-order valence-electron chi connectivity index (χ2n) is 6.78. The van der Waals surface area contributed by atoms with E-state index in [4.69, 9.17) is 0 Å². The monoisotopic (exact) mass is 417 g/mol. The molecule has 6 nitrogen and oxygen atoms in total. The van der Waals surface area contributed by atoms with E-state index in [-0.39, 0.29) is 17.4 Å². The van der Waals surface area contributed by atoms with E-state index in [0.717, 1.165) is 16.6 Å². The van der Waals surface area contributed by atoms with E-state index in [1.165, 1.54) is 23.5 Å². The molecule has 0 saturated carbocycles. The zero-order valence-corrected chi connectivity index (χ0v) is 16.7. The lowest BCUT2D eigenvalue weighted by Crippen LogP contribution is -2.13. The topological polar surface area (TPSA) is 64.7 Å². The summed E-state index contributed by atoms with van der Waals surface area (Å²) in [6.45, 7) is 0. The maximum atomic E-state index is 13.4. The number of carbonyl (C=O) groups is 1. The molecule has 8 heteroatoms. The zero-order valence-electron chi connectivity index (χ0n) is 15.9. The van der Waals surface area contributed by atoms with Crippen LogP contribution in [0.1, 0.15) is 10.5 Å². The maximum Gasteiger partial charge on any atom is 0.275 e. The van der Waals surface area contributed by atoms with Gasteiger partial charge in [0.2, 0.25) is 0 Å². The highest BCUT2D eigenvalue weighted by atomic mass is 32.1. The van der Waals surface area contributed by atoms with Gasteiger partial charge in [0.1, 0.15) is 11.5 Å². The number of thiazole rings is 1. The summed E-state index contributed by atoms with van der Waals surface area (Å²) >= 11 is 1.37. The lowest BCUT2D eigenvalue weighted by molar-refractivity contribution is 0.102. The van der Waals surface area contributed by atoms with Crippen LogP contribution >= 0.6 is 11.3 Å². The Morgan fingerprint density at radius 3 is 2.63 bits per heavy atom. The fourth-order valence-electron chi connectivity index (χ4n) is 3.24. The van der Waals surface area contributed by atoms with Crippen molar-refractivity contribution in [1.29, 1.82) is 0 Å². The number of amides is 1. The van der Waals surface area contributed by atoms with Crippen LogP contribution in [-0.4, -0.2) is 25.0 Å². The minimum atomic E-state index is -0.334. The van der Waals surface area contributed by atoms with E-state index in [1.54, 1.807) is 18.5 Å². The van der Waals surface area contributed by atoms with Gasteiger partial charge in [0.15, 0.2) is 5.13 Å². The Bertz CT molecular complexity index is 1350. The Morgan fingerprint density at radius 1 is 1.10 bits per heavy atom. The van der Waals surface area contributed by atoms with Crippen LogP contribution in [0.2, 0.25) is 0 Å². The number of aryl methyl sites for hydroxylation is 1. The molecule has 0 saturated heterocycles. The van der Waals surface area contributed by atoms with Gasteiger partial charge in [-0.2, -0.15) is 0 Å². The Balaban J connectivity index is 1.53. The van der Waals surface area contributed by atoms with Crippen molar-refractivity contribution < 1.29 is 9.18 Å². The highest BCUT2D eigenvalue weighted by molar-refractivity contribution is 7.17. The van der Waals surface area contributed by atoms with Gasteiger partial charge in [-0.1, -0.05) is 23.5 Å². The first kappa shape index (κ1) is 18.3. The number of halogens is 1. The third-order valence-electron chi connectivity index (χ3n) is 4.75. The SMILES string of the molecule is Cn1cnc2cc(NC(=O)c3nc(-n4cccc4)sc3-c3ccc(F)cc3)ccc21. The second kappa shape index (κ2) is 7.23. The number of nitrogens with one attached hydrogen (secondary N) is 1. The molecule has 0 aliphatic carbocycles. The Hall–Kier alpha value is -3.78. The summed E-state index contributed by atoms with van der Waals surface area (Å²) in [6, 6.07) is 15.4. The van der Waals surface area contributed by atoms with Gasteiger partial charge in [0.05, 0.1) is 22.2 Å². The maximum absolute atomic E-state index is 13.4. The number of fused-ring (bicyclic) bond motifs is 1. The molecule has 0 radical (unpaired) electrons. The molecule has 0 atom stereocenters. The molecule has 1 amide bonds. The zero-order chi connectivity index (χ0) is 20.7. The van der Waals surface area contributed by atoms with Crippen molar-refractivity contribution in [1.82, 2.24) is 19.1 Å². The van der Waals surface area contributed by atoms with Gasteiger partial charge in [-0.15, -0.1) is 0 Å². The summed E-state index contributed by atoms with van der Waals surface area (Å²) in [5.74, 6) is -0.664. The number of hydrogen-bond donors (Lipinski definition) is 1. The minimum absolute atomic E-state index is 0.288. The standard InChI is InChI=1S/C22H16FN5OS/c1-27-13-24-17-12-16(8-9-18(17)27)25-21(29)19-20(14-4-6-15(23)7-5-14)30-22(26-19)28-10-2-3-11-28/h2-13H,1H3,(H,25,29). The molecule has 5 rings (SSSR count). The number of benzene rings is 2. The number of carbonyl (C=O) groups excluding carboxylic acids is 1. The van der Waals surface area contributed by atoms with Gasteiger partial charge in [-0.05, 0) is 48.0 Å². The summed E-state index contributed by atoms with van der Waals surface area (Å²) < 4.78 is 17.2. The highest BCUT2D eigenvalue weighted by Crippen LogP contribution is 2.33. The molecule has 0 aliphatic rings. The van der Waals surface area contributed by atoms with Crippen molar-refractivity contribution >= 4 is 34.0 Å². The first-order valence-electron chi connectivity index (χ1n) is 9.21. The number of hydrogen-bond acceptors (Lipinski definition) is 4. The largest absolute Gasteiger partial charge is 0.334 e. The van der Waals surface area contributed by atoms with Gasteiger partial charge in [-0.3, -0.25) is 4.79 Å². The summed E-state index contributed by atoms with van der Waals surface area (Å²) in [7, 11) is 1.92. The molecule has 30 heavy (non-hydrogen) atoms. The lowest BCUT2D eigenvalue weighted by Gasteiger charge is -2.06. The van der Waals surface area contributed by atoms with E-state index >= 15 is 0 Å². The summed E-state index contributed by atoms with van der Waals surface area (Å²) in [4.78, 5) is 22.7. The number of imidazole rings is 1. The van der Waals surface area contributed by atoms with Gasteiger partial charge in [0, 0.05) is 25.1 Å². The molecule has 0 unspecified atom stereocenters.